The maximum absolute atomic E-state index is 12.5. The van der Waals surface area contributed by atoms with Crippen LogP contribution in [-0.4, -0.2) is 34.7 Å². The van der Waals surface area contributed by atoms with E-state index in [-0.39, 0.29) is 11.8 Å². The second kappa shape index (κ2) is 6.35. The van der Waals surface area contributed by atoms with Gasteiger partial charge in [-0.2, -0.15) is 4.98 Å². The number of methoxy groups -OCH3 is 1. The molecule has 1 fully saturated rings. The van der Waals surface area contributed by atoms with Crippen molar-refractivity contribution >= 4 is 11.6 Å². The van der Waals surface area contributed by atoms with E-state index in [1.54, 1.807) is 24.3 Å². The normalized spacial score (nSPS) is 17.1. The molecule has 4 rings (SSSR count). The van der Waals surface area contributed by atoms with Gasteiger partial charge in [0.25, 0.3) is 5.89 Å². The fourth-order valence-electron chi connectivity index (χ4n) is 2.96. The number of pyridine rings is 1. The van der Waals surface area contributed by atoms with Gasteiger partial charge in [-0.3, -0.25) is 9.78 Å². The van der Waals surface area contributed by atoms with Gasteiger partial charge in [0.15, 0.2) is 5.82 Å². The molecule has 0 aliphatic carbocycles. The highest BCUT2D eigenvalue weighted by molar-refractivity contribution is 5.97. The lowest BCUT2D eigenvalue weighted by Crippen LogP contribution is -2.24. The number of carbonyl (C=O) groups excluding carboxylic acids is 1. The van der Waals surface area contributed by atoms with Crippen LogP contribution in [0.5, 0.6) is 5.75 Å². The summed E-state index contributed by atoms with van der Waals surface area (Å²) in [5, 5.41) is 4.04. The Morgan fingerprint density at radius 1 is 1.20 bits per heavy atom. The molecule has 1 aromatic carbocycles. The van der Waals surface area contributed by atoms with Crippen LogP contribution in [0.3, 0.4) is 0 Å². The van der Waals surface area contributed by atoms with Gasteiger partial charge in [0.2, 0.25) is 5.91 Å². The number of aromatic nitrogens is 3. The summed E-state index contributed by atoms with van der Waals surface area (Å²) in [6.07, 6.45) is 2.00. The molecule has 7 nitrogen and oxygen atoms in total. The predicted molar refractivity (Wildman–Crippen MR) is 90.2 cm³/mol. The van der Waals surface area contributed by atoms with Crippen LogP contribution in [-0.2, 0) is 4.79 Å². The third kappa shape index (κ3) is 2.84. The molecular formula is C18H16N4O3. The van der Waals surface area contributed by atoms with Crippen molar-refractivity contribution in [2.45, 2.75) is 12.3 Å². The second-order valence-electron chi connectivity index (χ2n) is 5.75. The number of hydrogen-bond acceptors (Lipinski definition) is 6. The summed E-state index contributed by atoms with van der Waals surface area (Å²) in [6.45, 7) is 0.487. The number of amides is 1. The van der Waals surface area contributed by atoms with Gasteiger partial charge < -0.3 is 14.2 Å². The first-order valence-electron chi connectivity index (χ1n) is 7.94. The molecule has 1 aliphatic rings. The molecule has 7 heteroatoms. The van der Waals surface area contributed by atoms with Crippen molar-refractivity contribution in [3.8, 4) is 17.3 Å². The summed E-state index contributed by atoms with van der Waals surface area (Å²) >= 11 is 0. The molecule has 25 heavy (non-hydrogen) atoms. The Morgan fingerprint density at radius 2 is 2.04 bits per heavy atom. The van der Waals surface area contributed by atoms with Gasteiger partial charge in [-0.15, -0.1) is 0 Å². The summed E-state index contributed by atoms with van der Waals surface area (Å²) in [7, 11) is 1.59. The number of rotatable bonds is 4. The quantitative estimate of drug-likeness (QED) is 0.728. The highest BCUT2D eigenvalue weighted by Gasteiger charge is 2.35. The summed E-state index contributed by atoms with van der Waals surface area (Å²) in [5.41, 5.74) is 1.37. The van der Waals surface area contributed by atoms with Crippen molar-refractivity contribution in [2.75, 3.05) is 18.6 Å². The molecule has 0 saturated carbocycles. The number of benzene rings is 1. The van der Waals surface area contributed by atoms with Gasteiger partial charge in [-0.1, -0.05) is 23.4 Å². The van der Waals surface area contributed by atoms with Crippen molar-refractivity contribution < 1.29 is 14.1 Å². The lowest BCUT2D eigenvalue weighted by Gasteiger charge is -2.18. The molecule has 0 N–H and O–H groups in total. The van der Waals surface area contributed by atoms with Crippen LogP contribution in [0.1, 0.15) is 18.2 Å². The fraction of sp³-hybridized carbons (Fsp3) is 0.222. The van der Waals surface area contributed by atoms with E-state index in [1.807, 2.05) is 36.4 Å². The first kappa shape index (κ1) is 15.3. The van der Waals surface area contributed by atoms with Crippen molar-refractivity contribution in [3.05, 3.63) is 54.5 Å². The zero-order valence-electron chi connectivity index (χ0n) is 13.6. The maximum Gasteiger partial charge on any atom is 0.276 e. The summed E-state index contributed by atoms with van der Waals surface area (Å²) in [4.78, 5) is 22.8. The van der Waals surface area contributed by atoms with E-state index in [9.17, 15) is 4.79 Å². The monoisotopic (exact) mass is 336 g/mol. The Balaban J connectivity index is 1.58. The molecule has 1 saturated heterocycles. The molecule has 1 atom stereocenters. The summed E-state index contributed by atoms with van der Waals surface area (Å²) < 4.78 is 10.7. The van der Waals surface area contributed by atoms with Crippen molar-refractivity contribution in [1.29, 1.82) is 0 Å². The number of carbonyl (C=O) groups is 1. The van der Waals surface area contributed by atoms with Gasteiger partial charge in [0, 0.05) is 25.1 Å². The Kier molecular flexibility index (Phi) is 3.89. The van der Waals surface area contributed by atoms with Gasteiger partial charge in [-0.05, 0) is 24.3 Å². The molecule has 0 bridgehead atoms. The van der Waals surface area contributed by atoms with E-state index in [4.69, 9.17) is 9.26 Å². The minimum atomic E-state index is -0.126. The molecule has 3 heterocycles. The van der Waals surface area contributed by atoms with Crippen molar-refractivity contribution in [3.63, 3.8) is 0 Å². The summed E-state index contributed by atoms with van der Waals surface area (Å²) in [5.74, 6) is 1.43. The molecule has 3 aromatic rings. The average Bonchev–Trinajstić information content (AvgIpc) is 3.29. The van der Waals surface area contributed by atoms with Crippen LogP contribution < -0.4 is 9.64 Å². The highest BCUT2D eigenvalue weighted by Crippen LogP contribution is 2.35. The highest BCUT2D eigenvalue weighted by atomic mass is 16.5. The lowest BCUT2D eigenvalue weighted by molar-refractivity contribution is -0.117. The van der Waals surface area contributed by atoms with Gasteiger partial charge in [0.05, 0.1) is 12.8 Å². The van der Waals surface area contributed by atoms with Crippen LogP contribution in [0.15, 0.2) is 53.2 Å². The predicted octanol–water partition coefficient (Wildman–Crippen LogP) is 2.66. The molecule has 1 aliphatic heterocycles. The van der Waals surface area contributed by atoms with Crippen LogP contribution in [0.4, 0.5) is 5.69 Å². The smallest absolute Gasteiger partial charge is 0.276 e. The van der Waals surface area contributed by atoms with Crippen LogP contribution in [0, 0.1) is 0 Å². The first-order valence-corrected chi connectivity index (χ1v) is 7.94. The minimum absolute atomic E-state index is 0.0127. The zero-order valence-corrected chi connectivity index (χ0v) is 13.6. The number of anilines is 1. The van der Waals surface area contributed by atoms with E-state index in [1.165, 1.54) is 0 Å². The van der Waals surface area contributed by atoms with Crippen LogP contribution in [0.2, 0.25) is 0 Å². The molecule has 0 spiro atoms. The summed E-state index contributed by atoms with van der Waals surface area (Å²) in [6, 6.07) is 12.9. The Hall–Kier alpha value is -3.22. The Labute approximate surface area is 144 Å². The van der Waals surface area contributed by atoms with Gasteiger partial charge in [0.1, 0.15) is 11.4 Å². The standard InChI is InChI=1S/C18H16N4O3/c1-24-15-8-3-2-7-14(15)22-11-12(10-16(22)23)17-20-18(25-21-17)13-6-4-5-9-19-13/h2-9,12H,10-11H2,1H3. The van der Waals surface area contributed by atoms with Crippen LogP contribution in [0.25, 0.3) is 11.6 Å². The topological polar surface area (TPSA) is 81.3 Å². The molecule has 126 valence electrons. The van der Waals surface area contributed by atoms with E-state index < -0.39 is 0 Å². The molecule has 1 amide bonds. The average molecular weight is 336 g/mol. The van der Waals surface area contributed by atoms with Crippen molar-refractivity contribution in [1.82, 2.24) is 15.1 Å². The zero-order chi connectivity index (χ0) is 17.2. The Bertz CT molecular complexity index is 894. The van der Waals surface area contributed by atoms with E-state index in [2.05, 4.69) is 15.1 Å². The molecular weight excluding hydrogens is 320 g/mol. The van der Waals surface area contributed by atoms with E-state index in [0.717, 1.165) is 5.69 Å². The van der Waals surface area contributed by atoms with E-state index in [0.29, 0.717) is 36.1 Å². The van der Waals surface area contributed by atoms with Crippen molar-refractivity contribution in [2.24, 2.45) is 0 Å². The van der Waals surface area contributed by atoms with E-state index >= 15 is 0 Å². The third-order valence-electron chi connectivity index (χ3n) is 4.19. The molecule has 2 aromatic heterocycles. The van der Waals surface area contributed by atoms with Gasteiger partial charge >= 0.3 is 0 Å². The second-order valence-corrected chi connectivity index (χ2v) is 5.75. The number of hydrogen-bond donors (Lipinski definition) is 0. The third-order valence-corrected chi connectivity index (χ3v) is 4.19. The largest absolute Gasteiger partial charge is 0.495 e. The first-order chi connectivity index (χ1) is 12.3. The molecule has 0 radical (unpaired) electrons. The minimum Gasteiger partial charge on any atom is -0.495 e. The lowest BCUT2D eigenvalue weighted by atomic mass is 10.1. The maximum atomic E-state index is 12.5. The fourth-order valence-corrected chi connectivity index (χ4v) is 2.96. The SMILES string of the molecule is COc1ccccc1N1CC(c2noc(-c3ccccn3)n2)CC1=O. The number of ether oxygens (including phenoxy) is 1. The number of para-hydroxylation sites is 2. The molecule has 1 unspecified atom stereocenters. The van der Waals surface area contributed by atoms with Crippen LogP contribution >= 0.6 is 0 Å². The Morgan fingerprint density at radius 3 is 2.84 bits per heavy atom. The van der Waals surface area contributed by atoms with Gasteiger partial charge in [-0.25, -0.2) is 0 Å². The number of nitrogens with zero attached hydrogens (tertiary/aromatic N) is 4.